The molecule has 1 N–H and O–H groups in total. The van der Waals surface area contributed by atoms with Crippen LogP contribution in [0.3, 0.4) is 0 Å². The molecule has 1 atom stereocenters. The number of aryl methyl sites for hydroxylation is 1. The van der Waals surface area contributed by atoms with E-state index in [1.807, 2.05) is 54.4 Å². The predicted molar refractivity (Wildman–Crippen MR) is 135 cm³/mol. The van der Waals surface area contributed by atoms with Crippen LogP contribution in [0.15, 0.2) is 85.4 Å². The lowest BCUT2D eigenvalue weighted by Gasteiger charge is -2.34. The van der Waals surface area contributed by atoms with Gasteiger partial charge < -0.3 is 9.84 Å². The summed E-state index contributed by atoms with van der Waals surface area (Å²) in [6.07, 6.45) is 2.65. The van der Waals surface area contributed by atoms with Crippen molar-refractivity contribution >= 4 is 12.0 Å². The molecule has 0 heterocycles. The van der Waals surface area contributed by atoms with E-state index >= 15 is 0 Å². The Morgan fingerprint density at radius 3 is 2.18 bits per heavy atom. The summed E-state index contributed by atoms with van der Waals surface area (Å²) in [6.45, 7) is 6.89. The molecule has 172 valence electrons. The molecular weight excluding hydrogens is 410 g/mol. The lowest BCUT2D eigenvalue weighted by atomic mass is 9.84. The molecule has 0 radical (unpaired) electrons. The molecule has 0 aliphatic carbocycles. The molecule has 0 aliphatic heterocycles. The minimum absolute atomic E-state index is 0.0110. The minimum Gasteiger partial charge on any atom is -0.480 e. The van der Waals surface area contributed by atoms with Gasteiger partial charge in [-0.2, -0.15) is 0 Å². The first-order valence-corrected chi connectivity index (χ1v) is 11.3. The molecule has 0 bridgehead atoms. The molecule has 3 rings (SSSR count). The average molecular weight is 444 g/mol. The summed E-state index contributed by atoms with van der Waals surface area (Å²) >= 11 is 0. The Kier molecular flexibility index (Phi) is 8.99. The molecule has 3 aromatic rings. The Bertz CT molecular complexity index is 994. The molecule has 0 spiro atoms. The van der Waals surface area contributed by atoms with Crippen molar-refractivity contribution in [3.8, 4) is 0 Å². The third-order valence-corrected chi connectivity index (χ3v) is 5.87. The van der Waals surface area contributed by atoms with Crippen LogP contribution >= 0.6 is 0 Å². The van der Waals surface area contributed by atoms with Crippen LogP contribution in [0.5, 0.6) is 0 Å². The number of nitrogens with zero attached hydrogens (tertiary/aromatic N) is 1. The lowest BCUT2D eigenvalue weighted by Crippen LogP contribution is -2.43. The van der Waals surface area contributed by atoms with Gasteiger partial charge in [-0.05, 0) is 42.6 Å². The third kappa shape index (κ3) is 7.14. The number of carbonyl (C=O) groups is 1. The maximum atomic E-state index is 11.5. The third-order valence-electron chi connectivity index (χ3n) is 5.87. The Morgan fingerprint density at radius 2 is 1.64 bits per heavy atom. The normalized spacial score (nSPS) is 12.1. The van der Waals surface area contributed by atoms with E-state index in [4.69, 9.17) is 4.74 Å². The first kappa shape index (κ1) is 24.4. The van der Waals surface area contributed by atoms with Gasteiger partial charge in [-0.15, -0.1) is 0 Å². The number of hydrogen-bond donors (Lipinski definition) is 1. The van der Waals surface area contributed by atoms with Crippen LogP contribution in [0.25, 0.3) is 6.08 Å². The first-order chi connectivity index (χ1) is 16.0. The van der Waals surface area contributed by atoms with E-state index in [1.165, 1.54) is 11.1 Å². The highest BCUT2D eigenvalue weighted by Gasteiger charge is 2.29. The van der Waals surface area contributed by atoms with Crippen molar-refractivity contribution in [2.24, 2.45) is 0 Å². The SMILES string of the molecule is C=Cc1cc(C)cc(CCOC[C@H](C(c2ccccc2)c2ccccc2)N(C)CC(=O)O)c1. The second kappa shape index (κ2) is 12.1. The fourth-order valence-electron chi connectivity index (χ4n) is 4.32. The zero-order chi connectivity index (χ0) is 23.6. The van der Waals surface area contributed by atoms with Crippen LogP contribution in [0.1, 0.15) is 33.7 Å². The molecule has 3 aromatic carbocycles. The van der Waals surface area contributed by atoms with Gasteiger partial charge >= 0.3 is 5.97 Å². The van der Waals surface area contributed by atoms with Gasteiger partial charge in [0.15, 0.2) is 0 Å². The highest BCUT2D eigenvalue weighted by Crippen LogP contribution is 2.31. The summed E-state index contributed by atoms with van der Waals surface area (Å²) < 4.78 is 6.18. The Hall–Kier alpha value is -3.21. The molecule has 0 saturated heterocycles. The zero-order valence-electron chi connectivity index (χ0n) is 19.5. The molecule has 0 fully saturated rings. The van der Waals surface area contributed by atoms with Crippen molar-refractivity contribution < 1.29 is 14.6 Å². The van der Waals surface area contributed by atoms with E-state index in [0.717, 1.165) is 23.1 Å². The van der Waals surface area contributed by atoms with Crippen molar-refractivity contribution in [3.63, 3.8) is 0 Å². The summed E-state index contributed by atoms with van der Waals surface area (Å²) in [4.78, 5) is 13.4. The zero-order valence-corrected chi connectivity index (χ0v) is 19.5. The summed E-state index contributed by atoms with van der Waals surface area (Å²) in [5.41, 5.74) is 5.81. The van der Waals surface area contributed by atoms with E-state index in [9.17, 15) is 9.90 Å². The van der Waals surface area contributed by atoms with Crippen LogP contribution in [0, 0.1) is 6.92 Å². The molecular formula is C29H33NO3. The van der Waals surface area contributed by atoms with Crippen LogP contribution in [0.2, 0.25) is 0 Å². The fourth-order valence-corrected chi connectivity index (χ4v) is 4.32. The Morgan fingerprint density at radius 1 is 1.03 bits per heavy atom. The second-order valence-electron chi connectivity index (χ2n) is 8.46. The summed E-state index contributed by atoms with van der Waals surface area (Å²) in [5.74, 6) is -0.859. The van der Waals surface area contributed by atoms with E-state index in [1.54, 1.807) is 0 Å². The molecule has 33 heavy (non-hydrogen) atoms. The maximum Gasteiger partial charge on any atom is 0.317 e. The van der Waals surface area contributed by atoms with Crippen LogP contribution < -0.4 is 0 Å². The van der Waals surface area contributed by atoms with Crippen LogP contribution in [-0.4, -0.2) is 48.8 Å². The van der Waals surface area contributed by atoms with Gasteiger partial charge in [0.2, 0.25) is 0 Å². The molecule has 0 unspecified atom stereocenters. The quantitative estimate of drug-likeness (QED) is 0.380. The van der Waals surface area contributed by atoms with E-state index in [0.29, 0.717) is 13.2 Å². The maximum absolute atomic E-state index is 11.5. The monoisotopic (exact) mass is 443 g/mol. The van der Waals surface area contributed by atoms with Crippen molar-refractivity contribution in [2.45, 2.75) is 25.3 Å². The van der Waals surface area contributed by atoms with E-state index < -0.39 is 5.97 Å². The van der Waals surface area contributed by atoms with Crippen molar-refractivity contribution in [1.29, 1.82) is 0 Å². The molecule has 0 saturated carbocycles. The standard InChI is InChI=1S/C29H33NO3/c1-4-23-17-22(2)18-24(19-23)15-16-33-21-27(30(3)20-28(31)32)29(25-11-7-5-8-12-25)26-13-9-6-10-14-26/h4-14,17-19,27,29H,1,15-16,20-21H2,2-3H3,(H,31,32)/t27-/m1/s1. The topological polar surface area (TPSA) is 49.8 Å². The van der Waals surface area contributed by atoms with Crippen LogP contribution in [0.4, 0.5) is 0 Å². The number of hydrogen-bond acceptors (Lipinski definition) is 3. The first-order valence-electron chi connectivity index (χ1n) is 11.3. The summed E-state index contributed by atoms with van der Waals surface area (Å²) in [7, 11) is 1.86. The van der Waals surface area contributed by atoms with E-state index in [-0.39, 0.29) is 18.5 Å². The Balaban J connectivity index is 1.80. The highest BCUT2D eigenvalue weighted by atomic mass is 16.5. The Labute approximate surface area is 197 Å². The number of rotatable bonds is 12. The number of ether oxygens (including phenoxy) is 1. The number of carboxylic acid groups (broad SMARTS) is 1. The van der Waals surface area contributed by atoms with Gasteiger partial charge in [0.1, 0.15) is 0 Å². The smallest absolute Gasteiger partial charge is 0.317 e. The summed E-state index contributed by atoms with van der Waals surface area (Å²) in [6, 6.07) is 26.8. The average Bonchev–Trinajstić information content (AvgIpc) is 2.81. The molecule has 0 aromatic heterocycles. The number of carboxylic acids is 1. The summed E-state index contributed by atoms with van der Waals surface area (Å²) in [5, 5.41) is 9.46. The largest absolute Gasteiger partial charge is 0.480 e. The van der Waals surface area contributed by atoms with Crippen molar-refractivity contribution in [2.75, 3.05) is 26.8 Å². The molecule has 4 nitrogen and oxygen atoms in total. The minimum atomic E-state index is -0.848. The van der Waals surface area contributed by atoms with Gasteiger partial charge in [0.05, 0.1) is 19.8 Å². The molecule has 4 heteroatoms. The van der Waals surface area contributed by atoms with Crippen molar-refractivity contribution in [1.82, 2.24) is 4.90 Å². The number of benzene rings is 3. The second-order valence-corrected chi connectivity index (χ2v) is 8.46. The highest BCUT2D eigenvalue weighted by molar-refractivity contribution is 5.69. The van der Waals surface area contributed by atoms with Crippen LogP contribution in [-0.2, 0) is 16.0 Å². The fraction of sp³-hybridized carbons (Fsp3) is 0.276. The molecule has 0 aliphatic rings. The number of likely N-dealkylation sites (N-methyl/N-ethyl adjacent to an activating group) is 1. The van der Waals surface area contributed by atoms with Gasteiger partial charge in [0, 0.05) is 12.0 Å². The number of aliphatic carboxylic acids is 1. The predicted octanol–water partition coefficient (Wildman–Crippen LogP) is 5.41. The van der Waals surface area contributed by atoms with Gasteiger partial charge in [-0.3, -0.25) is 9.69 Å². The lowest BCUT2D eigenvalue weighted by molar-refractivity contribution is -0.138. The van der Waals surface area contributed by atoms with Gasteiger partial charge in [-0.1, -0.05) is 97.1 Å². The van der Waals surface area contributed by atoms with Crippen molar-refractivity contribution in [3.05, 3.63) is 113 Å². The van der Waals surface area contributed by atoms with Gasteiger partial charge in [-0.25, -0.2) is 0 Å². The van der Waals surface area contributed by atoms with E-state index in [2.05, 4.69) is 56.0 Å². The molecule has 0 amide bonds. The van der Waals surface area contributed by atoms with Gasteiger partial charge in [0.25, 0.3) is 0 Å².